The lowest BCUT2D eigenvalue weighted by molar-refractivity contribution is -0.114. The van der Waals surface area contributed by atoms with Crippen molar-refractivity contribution in [2.75, 3.05) is 41.7 Å². The molecule has 1 aliphatic heterocycles. The molecule has 0 atom stereocenters. The molecule has 33 heavy (non-hydrogen) atoms. The highest BCUT2D eigenvalue weighted by Gasteiger charge is 2.29. The zero-order valence-corrected chi connectivity index (χ0v) is 19.2. The number of hydrogen-bond acceptors (Lipinski definition) is 8. The van der Waals surface area contributed by atoms with Gasteiger partial charge in [-0.1, -0.05) is 0 Å². The smallest absolute Gasteiger partial charge is 0.243 e. The van der Waals surface area contributed by atoms with Crippen LogP contribution in [0.1, 0.15) is 12.5 Å². The highest BCUT2D eigenvalue weighted by atomic mass is 32.2. The monoisotopic (exact) mass is 467 g/mol. The molecule has 1 aliphatic rings. The zero-order valence-electron chi connectivity index (χ0n) is 18.4. The van der Waals surface area contributed by atoms with Crippen molar-refractivity contribution in [1.82, 2.24) is 19.3 Å². The second kappa shape index (κ2) is 9.51. The van der Waals surface area contributed by atoms with Crippen LogP contribution in [0.2, 0.25) is 0 Å². The third-order valence-electron chi connectivity index (χ3n) is 5.20. The maximum Gasteiger partial charge on any atom is 0.243 e. The average Bonchev–Trinajstić information content (AvgIpc) is 2.79. The molecule has 1 saturated heterocycles. The van der Waals surface area contributed by atoms with E-state index in [0.717, 1.165) is 11.4 Å². The Hall–Kier alpha value is -3.57. The predicted octanol–water partition coefficient (Wildman–Crippen LogP) is 2.39. The number of nitrogens with one attached hydrogen (secondary N) is 2. The molecule has 0 unspecified atom stereocenters. The van der Waals surface area contributed by atoms with Gasteiger partial charge in [0.1, 0.15) is 23.8 Å². The molecular formula is C22H25N7O3S. The van der Waals surface area contributed by atoms with Gasteiger partial charge in [-0.25, -0.2) is 23.4 Å². The van der Waals surface area contributed by atoms with Crippen molar-refractivity contribution in [2.45, 2.75) is 18.7 Å². The number of carbonyl (C=O) groups excluding carboxylic acids is 1. The number of amides is 1. The molecule has 11 heteroatoms. The second-order valence-corrected chi connectivity index (χ2v) is 9.64. The molecule has 0 spiro atoms. The van der Waals surface area contributed by atoms with Crippen LogP contribution in [0.4, 0.5) is 23.1 Å². The van der Waals surface area contributed by atoms with Gasteiger partial charge in [0.25, 0.3) is 0 Å². The molecule has 0 aliphatic carbocycles. The van der Waals surface area contributed by atoms with E-state index in [1.54, 1.807) is 18.3 Å². The summed E-state index contributed by atoms with van der Waals surface area (Å²) in [5, 5.41) is 5.81. The summed E-state index contributed by atoms with van der Waals surface area (Å²) in [6, 6.07) is 11.9. The Labute approximate surface area is 192 Å². The van der Waals surface area contributed by atoms with Crippen LogP contribution in [0, 0.1) is 6.92 Å². The normalized spacial score (nSPS) is 14.7. The first-order valence-electron chi connectivity index (χ1n) is 10.5. The summed E-state index contributed by atoms with van der Waals surface area (Å²) in [7, 11) is -3.63. The number of pyridine rings is 1. The number of nitrogens with zero attached hydrogens (tertiary/aromatic N) is 5. The van der Waals surface area contributed by atoms with Gasteiger partial charge in [0, 0.05) is 51.1 Å². The van der Waals surface area contributed by atoms with Crippen molar-refractivity contribution in [1.29, 1.82) is 0 Å². The molecule has 1 aromatic carbocycles. The molecule has 0 bridgehead atoms. The molecule has 0 saturated carbocycles. The Morgan fingerprint density at radius 1 is 0.939 bits per heavy atom. The van der Waals surface area contributed by atoms with E-state index < -0.39 is 10.0 Å². The summed E-state index contributed by atoms with van der Waals surface area (Å²) in [6.45, 7) is 5.07. The van der Waals surface area contributed by atoms with Crippen LogP contribution in [0.3, 0.4) is 0 Å². The molecule has 10 nitrogen and oxygen atoms in total. The number of benzene rings is 1. The van der Waals surface area contributed by atoms with Crippen molar-refractivity contribution < 1.29 is 13.2 Å². The molecular weight excluding hydrogens is 442 g/mol. The fourth-order valence-electron chi connectivity index (χ4n) is 3.54. The van der Waals surface area contributed by atoms with Gasteiger partial charge in [-0.3, -0.25) is 4.79 Å². The number of anilines is 4. The molecule has 172 valence electrons. The maximum absolute atomic E-state index is 13.0. The van der Waals surface area contributed by atoms with Crippen LogP contribution in [-0.4, -0.2) is 59.8 Å². The lowest BCUT2D eigenvalue weighted by atomic mass is 10.3. The van der Waals surface area contributed by atoms with Crippen LogP contribution in [-0.2, 0) is 14.8 Å². The van der Waals surface area contributed by atoms with Gasteiger partial charge in [0.05, 0.1) is 4.90 Å². The lowest BCUT2D eigenvalue weighted by Gasteiger charge is -2.34. The van der Waals surface area contributed by atoms with E-state index in [9.17, 15) is 13.2 Å². The van der Waals surface area contributed by atoms with Crippen LogP contribution in [0.15, 0.2) is 59.9 Å². The van der Waals surface area contributed by atoms with Gasteiger partial charge >= 0.3 is 0 Å². The summed E-state index contributed by atoms with van der Waals surface area (Å²) in [5.41, 5.74) is 1.64. The topological polar surface area (TPSA) is 120 Å². The second-order valence-electron chi connectivity index (χ2n) is 7.70. The number of sulfonamides is 1. The molecule has 4 rings (SSSR count). The Kier molecular flexibility index (Phi) is 6.52. The van der Waals surface area contributed by atoms with Crippen molar-refractivity contribution in [3.63, 3.8) is 0 Å². The standard InChI is InChI=1S/C22H25N7O3S/c1-16-7-8-23-20(13-16)27-21-14-22(25-15-24-21)28-9-11-29(12-10-28)33(31,32)19-5-3-18(4-6-19)26-17(2)30/h3-8,13-15H,9-12H2,1-2H3,(H,26,30)(H,23,24,25,27). The Balaban J connectivity index is 1.40. The minimum atomic E-state index is -3.63. The van der Waals surface area contributed by atoms with Gasteiger partial charge in [0.2, 0.25) is 15.9 Å². The van der Waals surface area contributed by atoms with Gasteiger partial charge in [0.15, 0.2) is 0 Å². The van der Waals surface area contributed by atoms with E-state index in [4.69, 9.17) is 0 Å². The first kappa shape index (κ1) is 22.6. The quantitative estimate of drug-likeness (QED) is 0.567. The van der Waals surface area contributed by atoms with Gasteiger partial charge < -0.3 is 15.5 Å². The fraction of sp³-hybridized carbons (Fsp3) is 0.273. The van der Waals surface area contributed by atoms with E-state index in [1.165, 1.54) is 29.7 Å². The minimum absolute atomic E-state index is 0.198. The summed E-state index contributed by atoms with van der Waals surface area (Å²) >= 11 is 0. The largest absolute Gasteiger partial charge is 0.354 e. The fourth-order valence-corrected chi connectivity index (χ4v) is 4.97. The first-order valence-corrected chi connectivity index (χ1v) is 11.9. The van der Waals surface area contributed by atoms with Crippen LogP contribution >= 0.6 is 0 Å². The molecule has 3 aromatic rings. The highest BCUT2D eigenvalue weighted by Crippen LogP contribution is 2.23. The summed E-state index contributed by atoms with van der Waals surface area (Å²) < 4.78 is 27.5. The third-order valence-corrected chi connectivity index (χ3v) is 7.11. The third kappa shape index (κ3) is 5.44. The average molecular weight is 468 g/mol. The number of aryl methyl sites for hydroxylation is 1. The Morgan fingerprint density at radius 2 is 1.64 bits per heavy atom. The molecule has 1 amide bonds. The van der Waals surface area contributed by atoms with Crippen molar-refractivity contribution >= 4 is 39.1 Å². The van der Waals surface area contributed by atoms with E-state index in [-0.39, 0.29) is 10.8 Å². The lowest BCUT2D eigenvalue weighted by Crippen LogP contribution is -2.48. The summed E-state index contributed by atoms with van der Waals surface area (Å²) in [4.78, 5) is 26.3. The van der Waals surface area contributed by atoms with Crippen molar-refractivity contribution in [3.8, 4) is 0 Å². The SMILES string of the molecule is CC(=O)Nc1ccc(S(=O)(=O)N2CCN(c3cc(Nc4cc(C)ccn4)ncn3)CC2)cc1. The van der Waals surface area contributed by atoms with Crippen LogP contribution in [0.5, 0.6) is 0 Å². The van der Waals surface area contributed by atoms with Gasteiger partial charge in [-0.2, -0.15) is 4.31 Å². The molecule has 2 N–H and O–H groups in total. The van der Waals surface area contributed by atoms with E-state index in [1.807, 2.05) is 30.0 Å². The number of aromatic nitrogens is 3. The predicted molar refractivity (Wildman–Crippen MR) is 126 cm³/mol. The van der Waals surface area contributed by atoms with E-state index in [2.05, 4.69) is 25.6 Å². The van der Waals surface area contributed by atoms with E-state index in [0.29, 0.717) is 43.5 Å². The van der Waals surface area contributed by atoms with Gasteiger partial charge in [-0.15, -0.1) is 0 Å². The molecule has 2 aromatic heterocycles. The first-order chi connectivity index (χ1) is 15.8. The summed E-state index contributed by atoms with van der Waals surface area (Å²) in [6.07, 6.45) is 3.21. The summed E-state index contributed by atoms with van der Waals surface area (Å²) in [5.74, 6) is 1.82. The van der Waals surface area contributed by atoms with Crippen molar-refractivity contribution in [2.24, 2.45) is 0 Å². The zero-order chi connectivity index (χ0) is 23.4. The Bertz CT molecular complexity index is 1240. The molecule has 0 radical (unpaired) electrons. The number of piperazine rings is 1. The highest BCUT2D eigenvalue weighted by molar-refractivity contribution is 7.89. The number of hydrogen-bond donors (Lipinski definition) is 2. The van der Waals surface area contributed by atoms with Gasteiger partial charge in [-0.05, 0) is 48.9 Å². The maximum atomic E-state index is 13.0. The van der Waals surface area contributed by atoms with Crippen LogP contribution < -0.4 is 15.5 Å². The van der Waals surface area contributed by atoms with Crippen molar-refractivity contribution in [3.05, 3.63) is 60.6 Å². The van der Waals surface area contributed by atoms with E-state index >= 15 is 0 Å². The molecule has 3 heterocycles. The van der Waals surface area contributed by atoms with Crippen LogP contribution in [0.25, 0.3) is 0 Å². The number of rotatable bonds is 6. The Morgan fingerprint density at radius 3 is 2.30 bits per heavy atom. The number of carbonyl (C=O) groups is 1. The minimum Gasteiger partial charge on any atom is -0.354 e. The molecule has 1 fully saturated rings.